The van der Waals surface area contributed by atoms with Crippen LogP contribution in [0.5, 0.6) is 0 Å². The summed E-state index contributed by atoms with van der Waals surface area (Å²) in [4.78, 5) is 14.9. The Hall–Kier alpha value is -2.11. The molecule has 6 heteroatoms. The molecule has 0 aliphatic rings. The van der Waals surface area contributed by atoms with Crippen LogP contribution in [0.1, 0.15) is 23.2 Å². The van der Waals surface area contributed by atoms with Crippen molar-refractivity contribution in [2.75, 3.05) is 0 Å². The second kappa shape index (κ2) is 5.11. The first-order chi connectivity index (χ1) is 9.27. The minimum atomic E-state index is -4.40. The number of alkyl halides is 3. The van der Waals surface area contributed by atoms with Crippen molar-refractivity contribution in [2.45, 2.75) is 25.9 Å². The van der Waals surface area contributed by atoms with Crippen molar-refractivity contribution >= 4 is 16.8 Å². The summed E-state index contributed by atoms with van der Waals surface area (Å²) in [6.07, 6.45) is -3.95. The molecule has 2 rings (SSSR count). The molecule has 0 aliphatic carbocycles. The molecule has 3 nitrogen and oxygen atoms in total. The molecule has 0 radical (unpaired) electrons. The molecule has 1 amide bonds. The van der Waals surface area contributed by atoms with Crippen LogP contribution >= 0.6 is 0 Å². The largest absolute Gasteiger partial charge is 0.416 e. The van der Waals surface area contributed by atoms with Gasteiger partial charge in [0.2, 0.25) is 5.91 Å². The zero-order chi connectivity index (χ0) is 14.9. The van der Waals surface area contributed by atoms with Gasteiger partial charge in [-0.25, -0.2) is 0 Å². The number of carbonyl (C=O) groups is 1. The van der Waals surface area contributed by atoms with Gasteiger partial charge in [-0.05, 0) is 37.1 Å². The van der Waals surface area contributed by atoms with Gasteiger partial charge in [0.25, 0.3) is 0 Å². The van der Waals surface area contributed by atoms with Crippen LogP contribution in [-0.4, -0.2) is 10.9 Å². The summed E-state index contributed by atoms with van der Waals surface area (Å²) >= 11 is 0. The summed E-state index contributed by atoms with van der Waals surface area (Å²) in [6.45, 7) is 1.80. The van der Waals surface area contributed by atoms with Crippen LogP contribution in [0.25, 0.3) is 10.9 Å². The van der Waals surface area contributed by atoms with Gasteiger partial charge < -0.3 is 5.73 Å². The Morgan fingerprint density at radius 3 is 2.60 bits per heavy atom. The number of nitrogens with two attached hydrogens (primary N) is 1. The number of rotatable bonds is 3. The molecule has 0 spiro atoms. The topological polar surface area (TPSA) is 56.0 Å². The van der Waals surface area contributed by atoms with Crippen LogP contribution in [0.15, 0.2) is 24.3 Å². The summed E-state index contributed by atoms with van der Waals surface area (Å²) in [6, 6.07) is 5.24. The Morgan fingerprint density at radius 2 is 2.00 bits per heavy atom. The number of amides is 1. The minimum Gasteiger partial charge on any atom is -0.370 e. The maximum atomic E-state index is 12.7. The average molecular weight is 282 g/mol. The van der Waals surface area contributed by atoms with Gasteiger partial charge >= 0.3 is 6.18 Å². The van der Waals surface area contributed by atoms with Crippen LogP contribution < -0.4 is 5.73 Å². The molecule has 2 N–H and O–H groups in total. The van der Waals surface area contributed by atoms with E-state index in [0.29, 0.717) is 17.5 Å². The number of fused-ring (bicyclic) bond motifs is 1. The predicted octanol–water partition coefficient (Wildman–Crippen LogP) is 2.98. The molecular formula is C14H13F3N2O. The van der Waals surface area contributed by atoms with Crippen molar-refractivity contribution in [1.82, 2.24) is 4.98 Å². The molecule has 2 aromatic rings. The van der Waals surface area contributed by atoms with Crippen molar-refractivity contribution in [2.24, 2.45) is 5.73 Å². The van der Waals surface area contributed by atoms with E-state index in [1.807, 2.05) is 0 Å². The Morgan fingerprint density at radius 1 is 1.30 bits per heavy atom. The summed E-state index contributed by atoms with van der Waals surface area (Å²) in [5.41, 5.74) is 5.99. The molecule has 0 saturated heterocycles. The molecule has 0 bridgehead atoms. The number of halogens is 3. The van der Waals surface area contributed by atoms with E-state index in [4.69, 9.17) is 5.73 Å². The molecule has 1 aromatic carbocycles. The van der Waals surface area contributed by atoms with Gasteiger partial charge in [0.15, 0.2) is 0 Å². The molecule has 1 heterocycles. The van der Waals surface area contributed by atoms with Crippen LogP contribution in [0.2, 0.25) is 0 Å². The fourth-order valence-corrected chi connectivity index (χ4v) is 2.03. The lowest BCUT2D eigenvalue weighted by Crippen LogP contribution is -2.11. The monoisotopic (exact) mass is 282 g/mol. The molecule has 106 valence electrons. The molecule has 1 aromatic heterocycles. The highest BCUT2D eigenvalue weighted by molar-refractivity contribution is 5.83. The van der Waals surface area contributed by atoms with Crippen molar-refractivity contribution in [3.63, 3.8) is 0 Å². The zero-order valence-electron chi connectivity index (χ0n) is 10.8. The number of pyridine rings is 1. The van der Waals surface area contributed by atoms with Crippen LogP contribution in [0, 0.1) is 6.92 Å². The highest BCUT2D eigenvalue weighted by Crippen LogP contribution is 2.31. The normalized spacial score (nSPS) is 11.8. The van der Waals surface area contributed by atoms with Gasteiger partial charge in [-0.1, -0.05) is 6.07 Å². The maximum Gasteiger partial charge on any atom is 0.416 e. The van der Waals surface area contributed by atoms with Crippen molar-refractivity contribution in [1.29, 1.82) is 0 Å². The van der Waals surface area contributed by atoms with E-state index in [1.165, 1.54) is 6.07 Å². The lowest BCUT2D eigenvalue weighted by Gasteiger charge is -2.10. The third-order valence-electron chi connectivity index (χ3n) is 3.02. The predicted molar refractivity (Wildman–Crippen MR) is 69.0 cm³/mol. The third-order valence-corrected chi connectivity index (χ3v) is 3.02. The Balaban J connectivity index is 2.47. The van der Waals surface area contributed by atoms with E-state index >= 15 is 0 Å². The summed E-state index contributed by atoms with van der Waals surface area (Å²) in [5.74, 6) is -0.464. The fraction of sp³-hybridized carbons (Fsp3) is 0.286. The Kier molecular flexibility index (Phi) is 3.65. The molecule has 0 aliphatic heterocycles. The Labute approximate surface area is 113 Å². The molecule has 0 unspecified atom stereocenters. The SMILES string of the molecule is Cc1cc(CCC(N)=O)nc2cc(C(F)(F)F)ccc12. The highest BCUT2D eigenvalue weighted by Gasteiger charge is 2.30. The van der Waals surface area contributed by atoms with Gasteiger partial charge in [-0.3, -0.25) is 9.78 Å². The fourth-order valence-electron chi connectivity index (χ4n) is 2.03. The maximum absolute atomic E-state index is 12.7. The number of hydrogen-bond acceptors (Lipinski definition) is 2. The van der Waals surface area contributed by atoms with E-state index in [1.54, 1.807) is 13.0 Å². The van der Waals surface area contributed by atoms with Crippen LogP contribution in [0.3, 0.4) is 0 Å². The summed E-state index contributed by atoms with van der Waals surface area (Å²) in [5, 5.41) is 0.667. The second-order valence-electron chi connectivity index (χ2n) is 4.63. The minimum absolute atomic E-state index is 0.122. The van der Waals surface area contributed by atoms with Crippen molar-refractivity contribution in [3.8, 4) is 0 Å². The third kappa shape index (κ3) is 3.07. The average Bonchev–Trinajstić information content (AvgIpc) is 2.34. The van der Waals surface area contributed by atoms with Crippen molar-refractivity contribution in [3.05, 3.63) is 41.1 Å². The van der Waals surface area contributed by atoms with E-state index < -0.39 is 17.6 Å². The molecule has 0 atom stereocenters. The number of nitrogens with zero attached hydrogens (tertiary/aromatic N) is 1. The smallest absolute Gasteiger partial charge is 0.370 e. The number of aryl methyl sites for hydroxylation is 2. The van der Waals surface area contributed by atoms with Crippen LogP contribution in [-0.2, 0) is 17.4 Å². The second-order valence-corrected chi connectivity index (χ2v) is 4.63. The van der Waals surface area contributed by atoms with Gasteiger partial charge in [-0.15, -0.1) is 0 Å². The number of carbonyl (C=O) groups excluding carboxylic acids is 1. The van der Waals surface area contributed by atoms with E-state index in [2.05, 4.69) is 4.98 Å². The van der Waals surface area contributed by atoms with Crippen molar-refractivity contribution < 1.29 is 18.0 Å². The van der Waals surface area contributed by atoms with Gasteiger partial charge in [0.05, 0.1) is 11.1 Å². The van der Waals surface area contributed by atoms with E-state index in [0.717, 1.165) is 17.7 Å². The lowest BCUT2D eigenvalue weighted by molar-refractivity contribution is -0.137. The van der Waals surface area contributed by atoms with Gasteiger partial charge in [-0.2, -0.15) is 13.2 Å². The van der Waals surface area contributed by atoms with Gasteiger partial charge in [0, 0.05) is 17.5 Å². The van der Waals surface area contributed by atoms with E-state index in [9.17, 15) is 18.0 Å². The molecular weight excluding hydrogens is 269 g/mol. The molecule has 0 fully saturated rings. The Bertz CT molecular complexity index is 665. The zero-order valence-corrected chi connectivity index (χ0v) is 10.8. The van der Waals surface area contributed by atoms with Gasteiger partial charge in [0.1, 0.15) is 0 Å². The first-order valence-corrected chi connectivity index (χ1v) is 6.03. The number of benzene rings is 1. The lowest BCUT2D eigenvalue weighted by atomic mass is 10.0. The highest BCUT2D eigenvalue weighted by atomic mass is 19.4. The molecule has 20 heavy (non-hydrogen) atoms. The first-order valence-electron chi connectivity index (χ1n) is 6.03. The number of primary amides is 1. The molecule has 0 saturated carbocycles. The summed E-state index contributed by atoms with van der Waals surface area (Å²) in [7, 11) is 0. The van der Waals surface area contributed by atoms with E-state index in [-0.39, 0.29) is 11.9 Å². The standard InChI is InChI=1S/C14H13F3N2O/c1-8-6-10(3-5-13(18)20)19-12-7-9(14(15,16)17)2-4-11(8)12/h2,4,6-7H,3,5H2,1H3,(H2,18,20). The summed E-state index contributed by atoms with van der Waals surface area (Å²) < 4.78 is 38.0. The number of aromatic nitrogens is 1. The quantitative estimate of drug-likeness (QED) is 0.940. The van der Waals surface area contributed by atoms with Crippen LogP contribution in [0.4, 0.5) is 13.2 Å². The first kappa shape index (κ1) is 14.3. The number of hydrogen-bond donors (Lipinski definition) is 1.